The van der Waals surface area contributed by atoms with E-state index in [1.165, 1.54) is 5.69 Å². The van der Waals surface area contributed by atoms with Gasteiger partial charge in [-0.05, 0) is 13.6 Å². The molecule has 0 aliphatic carbocycles. The second-order valence-corrected chi connectivity index (χ2v) is 2.41. The van der Waals surface area contributed by atoms with E-state index >= 15 is 0 Å². The number of aromatic amines is 1. The predicted molar refractivity (Wildman–Crippen MR) is 40.6 cm³/mol. The van der Waals surface area contributed by atoms with Crippen molar-refractivity contribution in [2.75, 3.05) is 13.6 Å². The van der Waals surface area contributed by atoms with E-state index in [0.717, 1.165) is 13.1 Å². The Hall–Kier alpha value is -0.830. The molecule has 0 aliphatic heterocycles. The van der Waals surface area contributed by atoms with Gasteiger partial charge in [0.05, 0.1) is 6.33 Å². The Morgan fingerprint density at radius 3 is 3.00 bits per heavy atom. The maximum Gasteiger partial charge on any atom is 0.0922 e. The highest BCUT2D eigenvalue weighted by molar-refractivity contribution is 4.93. The quantitative estimate of drug-likeness (QED) is 0.673. The lowest BCUT2D eigenvalue weighted by Gasteiger charge is -2.10. The standard InChI is InChI=1S/C7H13N3/c1-3-10(2)5-7-4-8-6-9-7/h4,6H,3,5H2,1-2H3,(H,8,9). The zero-order valence-electron chi connectivity index (χ0n) is 6.46. The van der Waals surface area contributed by atoms with Crippen LogP contribution in [0.15, 0.2) is 12.5 Å². The molecule has 0 saturated heterocycles. The molecular weight excluding hydrogens is 126 g/mol. The fraction of sp³-hybridized carbons (Fsp3) is 0.571. The van der Waals surface area contributed by atoms with E-state index in [2.05, 4.69) is 28.8 Å². The van der Waals surface area contributed by atoms with Gasteiger partial charge in [0, 0.05) is 18.4 Å². The van der Waals surface area contributed by atoms with Crippen LogP contribution in [-0.2, 0) is 6.54 Å². The molecule has 0 radical (unpaired) electrons. The molecule has 1 aromatic heterocycles. The molecule has 0 unspecified atom stereocenters. The normalized spacial score (nSPS) is 10.7. The van der Waals surface area contributed by atoms with E-state index in [1.807, 2.05) is 6.20 Å². The number of imidazole rings is 1. The highest BCUT2D eigenvalue weighted by Gasteiger charge is 1.96. The fourth-order valence-electron chi connectivity index (χ4n) is 0.774. The highest BCUT2D eigenvalue weighted by atomic mass is 15.1. The van der Waals surface area contributed by atoms with Crippen molar-refractivity contribution in [3.63, 3.8) is 0 Å². The van der Waals surface area contributed by atoms with Crippen LogP contribution in [0.25, 0.3) is 0 Å². The van der Waals surface area contributed by atoms with E-state index in [9.17, 15) is 0 Å². The largest absolute Gasteiger partial charge is 0.347 e. The van der Waals surface area contributed by atoms with Crippen LogP contribution in [-0.4, -0.2) is 28.5 Å². The van der Waals surface area contributed by atoms with Crippen molar-refractivity contribution >= 4 is 0 Å². The van der Waals surface area contributed by atoms with E-state index in [0.29, 0.717) is 0 Å². The molecule has 0 aromatic carbocycles. The topological polar surface area (TPSA) is 31.9 Å². The first-order valence-electron chi connectivity index (χ1n) is 3.48. The Labute approximate surface area is 61.1 Å². The van der Waals surface area contributed by atoms with Crippen LogP contribution >= 0.6 is 0 Å². The average molecular weight is 139 g/mol. The summed E-state index contributed by atoms with van der Waals surface area (Å²) in [5.41, 5.74) is 1.17. The number of nitrogens with one attached hydrogen (secondary N) is 1. The summed E-state index contributed by atoms with van der Waals surface area (Å²) in [5, 5.41) is 0. The SMILES string of the molecule is CCN(C)Cc1cnc[nH]1. The highest BCUT2D eigenvalue weighted by Crippen LogP contribution is 1.95. The Balaban J connectivity index is 2.40. The summed E-state index contributed by atoms with van der Waals surface area (Å²) in [6, 6.07) is 0. The molecular formula is C7H13N3. The van der Waals surface area contributed by atoms with Crippen molar-refractivity contribution in [1.29, 1.82) is 0 Å². The van der Waals surface area contributed by atoms with Crippen LogP contribution in [0, 0.1) is 0 Å². The average Bonchev–Trinajstić information content (AvgIpc) is 2.40. The monoisotopic (exact) mass is 139 g/mol. The van der Waals surface area contributed by atoms with E-state index in [1.54, 1.807) is 6.33 Å². The zero-order chi connectivity index (χ0) is 7.40. The number of hydrogen-bond acceptors (Lipinski definition) is 2. The summed E-state index contributed by atoms with van der Waals surface area (Å²) >= 11 is 0. The van der Waals surface area contributed by atoms with Crippen LogP contribution in [0.5, 0.6) is 0 Å². The first kappa shape index (κ1) is 7.28. The number of rotatable bonds is 3. The van der Waals surface area contributed by atoms with Gasteiger partial charge in [0.1, 0.15) is 0 Å². The summed E-state index contributed by atoms with van der Waals surface area (Å²) in [5.74, 6) is 0. The van der Waals surface area contributed by atoms with Crippen LogP contribution in [0.1, 0.15) is 12.6 Å². The lowest BCUT2D eigenvalue weighted by atomic mass is 10.4. The van der Waals surface area contributed by atoms with Crippen molar-refractivity contribution < 1.29 is 0 Å². The lowest BCUT2D eigenvalue weighted by Crippen LogP contribution is -2.16. The molecule has 0 fully saturated rings. The van der Waals surface area contributed by atoms with Gasteiger partial charge in [-0.1, -0.05) is 6.92 Å². The maximum absolute atomic E-state index is 3.93. The van der Waals surface area contributed by atoms with Crippen molar-refractivity contribution in [3.8, 4) is 0 Å². The minimum atomic E-state index is 0.955. The number of nitrogens with zero attached hydrogens (tertiary/aromatic N) is 2. The van der Waals surface area contributed by atoms with Crippen molar-refractivity contribution in [2.24, 2.45) is 0 Å². The van der Waals surface area contributed by atoms with Gasteiger partial charge in [0.15, 0.2) is 0 Å². The maximum atomic E-state index is 3.93. The number of aromatic nitrogens is 2. The molecule has 1 aromatic rings. The van der Waals surface area contributed by atoms with Crippen LogP contribution in [0.2, 0.25) is 0 Å². The summed E-state index contributed by atoms with van der Waals surface area (Å²) < 4.78 is 0. The fourth-order valence-corrected chi connectivity index (χ4v) is 0.774. The molecule has 3 nitrogen and oxygen atoms in total. The third-order valence-electron chi connectivity index (χ3n) is 1.53. The molecule has 0 bridgehead atoms. The third kappa shape index (κ3) is 1.84. The smallest absolute Gasteiger partial charge is 0.0922 e. The summed E-state index contributed by atoms with van der Waals surface area (Å²) in [6.45, 7) is 4.16. The molecule has 10 heavy (non-hydrogen) atoms. The minimum absolute atomic E-state index is 0.955. The molecule has 1 heterocycles. The predicted octanol–water partition coefficient (Wildman–Crippen LogP) is 0.861. The summed E-state index contributed by atoms with van der Waals surface area (Å²) in [6.07, 6.45) is 3.56. The van der Waals surface area contributed by atoms with E-state index in [4.69, 9.17) is 0 Å². The van der Waals surface area contributed by atoms with Gasteiger partial charge in [0.2, 0.25) is 0 Å². The van der Waals surface area contributed by atoms with Gasteiger partial charge < -0.3 is 9.88 Å². The van der Waals surface area contributed by atoms with E-state index < -0.39 is 0 Å². The minimum Gasteiger partial charge on any atom is -0.347 e. The van der Waals surface area contributed by atoms with Gasteiger partial charge in [-0.3, -0.25) is 0 Å². The van der Waals surface area contributed by atoms with Crippen LogP contribution < -0.4 is 0 Å². The van der Waals surface area contributed by atoms with Crippen LogP contribution in [0.3, 0.4) is 0 Å². The van der Waals surface area contributed by atoms with Crippen molar-refractivity contribution in [1.82, 2.24) is 14.9 Å². The van der Waals surface area contributed by atoms with Gasteiger partial charge in [-0.2, -0.15) is 0 Å². The molecule has 1 rings (SSSR count). The first-order valence-corrected chi connectivity index (χ1v) is 3.48. The van der Waals surface area contributed by atoms with Gasteiger partial charge in [0.25, 0.3) is 0 Å². The zero-order valence-corrected chi connectivity index (χ0v) is 6.46. The Morgan fingerprint density at radius 2 is 2.50 bits per heavy atom. The molecule has 0 saturated carbocycles. The molecule has 56 valence electrons. The molecule has 3 heteroatoms. The molecule has 0 atom stereocenters. The lowest BCUT2D eigenvalue weighted by molar-refractivity contribution is 0.342. The Morgan fingerprint density at radius 1 is 1.70 bits per heavy atom. The van der Waals surface area contributed by atoms with E-state index in [-0.39, 0.29) is 0 Å². The number of H-pyrrole nitrogens is 1. The van der Waals surface area contributed by atoms with Gasteiger partial charge >= 0.3 is 0 Å². The van der Waals surface area contributed by atoms with Crippen molar-refractivity contribution in [3.05, 3.63) is 18.2 Å². The first-order chi connectivity index (χ1) is 4.83. The Kier molecular flexibility index (Phi) is 2.45. The molecule has 1 N–H and O–H groups in total. The molecule has 0 aliphatic rings. The Bertz CT molecular complexity index is 169. The van der Waals surface area contributed by atoms with Crippen molar-refractivity contribution in [2.45, 2.75) is 13.5 Å². The van der Waals surface area contributed by atoms with Crippen LogP contribution in [0.4, 0.5) is 0 Å². The second-order valence-electron chi connectivity index (χ2n) is 2.41. The number of hydrogen-bond donors (Lipinski definition) is 1. The molecule has 0 spiro atoms. The molecule has 0 amide bonds. The summed E-state index contributed by atoms with van der Waals surface area (Å²) in [7, 11) is 2.08. The summed E-state index contributed by atoms with van der Waals surface area (Å²) in [4.78, 5) is 9.19. The van der Waals surface area contributed by atoms with Gasteiger partial charge in [-0.25, -0.2) is 4.98 Å². The third-order valence-corrected chi connectivity index (χ3v) is 1.53. The second kappa shape index (κ2) is 3.37. The van der Waals surface area contributed by atoms with Gasteiger partial charge in [-0.15, -0.1) is 0 Å².